The highest BCUT2D eigenvalue weighted by molar-refractivity contribution is 7.13. The fraction of sp³-hybridized carbons (Fsp3) is 0.158. The van der Waals surface area contributed by atoms with Gasteiger partial charge in [-0.05, 0) is 46.8 Å². The van der Waals surface area contributed by atoms with Crippen molar-refractivity contribution in [2.24, 2.45) is 0 Å². The van der Waals surface area contributed by atoms with E-state index in [2.05, 4.69) is 10.3 Å². The number of carbonyl (C=O) groups excluding carboxylic acids is 1. The molecule has 0 saturated heterocycles. The van der Waals surface area contributed by atoms with Crippen molar-refractivity contribution in [1.82, 2.24) is 10.3 Å². The molecule has 0 fully saturated rings. The van der Waals surface area contributed by atoms with Crippen molar-refractivity contribution in [3.63, 3.8) is 0 Å². The van der Waals surface area contributed by atoms with E-state index in [0.29, 0.717) is 12.1 Å². The SMILES string of the molecule is O=C(Cc1ccc(C(F)(F)F)cc1)NCc1ccnc(-c2cccs2)c1. The molecule has 2 heterocycles. The molecule has 1 aromatic carbocycles. The second kappa shape index (κ2) is 7.70. The Morgan fingerprint density at radius 1 is 1.08 bits per heavy atom. The van der Waals surface area contributed by atoms with E-state index in [1.165, 1.54) is 12.1 Å². The zero-order valence-electron chi connectivity index (χ0n) is 13.6. The Labute approximate surface area is 152 Å². The van der Waals surface area contributed by atoms with Crippen LogP contribution in [0.5, 0.6) is 0 Å². The van der Waals surface area contributed by atoms with Crippen LogP contribution in [0.3, 0.4) is 0 Å². The predicted octanol–water partition coefficient (Wildman–Crippen LogP) is 4.69. The van der Waals surface area contributed by atoms with Crippen molar-refractivity contribution in [2.75, 3.05) is 0 Å². The predicted molar refractivity (Wildman–Crippen MR) is 94.5 cm³/mol. The van der Waals surface area contributed by atoms with Crippen LogP contribution in [0.2, 0.25) is 0 Å². The second-order valence-corrected chi connectivity index (χ2v) is 6.62. The highest BCUT2D eigenvalue weighted by Crippen LogP contribution is 2.29. The minimum absolute atomic E-state index is 0.0288. The topological polar surface area (TPSA) is 42.0 Å². The van der Waals surface area contributed by atoms with Gasteiger partial charge in [-0.1, -0.05) is 18.2 Å². The van der Waals surface area contributed by atoms with Gasteiger partial charge in [-0.3, -0.25) is 9.78 Å². The molecule has 3 nitrogen and oxygen atoms in total. The number of aromatic nitrogens is 1. The Bertz CT molecular complexity index is 875. The third-order valence-electron chi connectivity index (χ3n) is 3.73. The minimum Gasteiger partial charge on any atom is -0.352 e. The summed E-state index contributed by atoms with van der Waals surface area (Å²) in [5, 5.41) is 4.75. The normalized spacial score (nSPS) is 11.3. The van der Waals surface area contributed by atoms with Gasteiger partial charge in [-0.15, -0.1) is 11.3 Å². The number of nitrogens with one attached hydrogen (secondary N) is 1. The molecule has 0 bridgehead atoms. The number of nitrogens with zero attached hydrogens (tertiary/aromatic N) is 1. The molecule has 3 rings (SSSR count). The monoisotopic (exact) mass is 376 g/mol. The molecule has 0 saturated carbocycles. The number of benzene rings is 1. The van der Waals surface area contributed by atoms with Gasteiger partial charge in [-0.2, -0.15) is 13.2 Å². The summed E-state index contributed by atoms with van der Waals surface area (Å²) in [6, 6.07) is 12.3. The number of pyridine rings is 1. The van der Waals surface area contributed by atoms with Gasteiger partial charge in [0.2, 0.25) is 5.91 Å². The fourth-order valence-electron chi connectivity index (χ4n) is 2.40. The number of hydrogen-bond acceptors (Lipinski definition) is 3. The molecule has 0 aliphatic rings. The van der Waals surface area contributed by atoms with Gasteiger partial charge in [0.15, 0.2) is 0 Å². The van der Waals surface area contributed by atoms with E-state index >= 15 is 0 Å². The highest BCUT2D eigenvalue weighted by Gasteiger charge is 2.29. The van der Waals surface area contributed by atoms with Gasteiger partial charge in [0.1, 0.15) is 0 Å². The summed E-state index contributed by atoms with van der Waals surface area (Å²) < 4.78 is 37.6. The molecule has 0 radical (unpaired) electrons. The zero-order valence-corrected chi connectivity index (χ0v) is 14.4. The third kappa shape index (κ3) is 4.70. The number of hydrogen-bond donors (Lipinski definition) is 1. The average Bonchev–Trinajstić information content (AvgIpc) is 3.15. The van der Waals surface area contributed by atoms with E-state index in [1.807, 2.05) is 29.6 Å². The molecular formula is C19H15F3N2OS. The van der Waals surface area contributed by atoms with Crippen LogP contribution in [0.15, 0.2) is 60.1 Å². The van der Waals surface area contributed by atoms with Crippen LogP contribution >= 0.6 is 11.3 Å². The van der Waals surface area contributed by atoms with Gasteiger partial charge in [0, 0.05) is 12.7 Å². The molecule has 7 heteroatoms. The van der Waals surface area contributed by atoms with Gasteiger partial charge >= 0.3 is 6.18 Å². The van der Waals surface area contributed by atoms with Crippen LogP contribution in [0.4, 0.5) is 13.2 Å². The molecule has 3 aromatic rings. The van der Waals surface area contributed by atoms with E-state index in [4.69, 9.17) is 0 Å². The Morgan fingerprint density at radius 3 is 2.50 bits per heavy atom. The Hall–Kier alpha value is -2.67. The van der Waals surface area contributed by atoms with Crippen LogP contribution in [0.25, 0.3) is 10.6 Å². The van der Waals surface area contributed by atoms with Crippen molar-refractivity contribution >= 4 is 17.2 Å². The fourth-order valence-corrected chi connectivity index (χ4v) is 3.10. The second-order valence-electron chi connectivity index (χ2n) is 5.67. The van der Waals surface area contributed by atoms with Crippen LogP contribution < -0.4 is 5.32 Å². The largest absolute Gasteiger partial charge is 0.416 e. The first kappa shape index (κ1) is 18.1. The average molecular weight is 376 g/mol. The zero-order chi connectivity index (χ0) is 18.6. The summed E-state index contributed by atoms with van der Waals surface area (Å²) in [5.74, 6) is -0.251. The minimum atomic E-state index is -4.37. The lowest BCUT2D eigenvalue weighted by Crippen LogP contribution is -2.24. The molecule has 26 heavy (non-hydrogen) atoms. The summed E-state index contributed by atoms with van der Waals surface area (Å²) >= 11 is 1.58. The van der Waals surface area contributed by atoms with Crippen molar-refractivity contribution in [3.05, 3.63) is 76.8 Å². The molecular weight excluding hydrogens is 361 g/mol. The third-order valence-corrected chi connectivity index (χ3v) is 4.63. The van der Waals surface area contributed by atoms with Crippen LogP contribution in [0.1, 0.15) is 16.7 Å². The summed E-state index contributed by atoms with van der Waals surface area (Å²) in [4.78, 5) is 17.4. The molecule has 134 valence electrons. The Morgan fingerprint density at radius 2 is 1.85 bits per heavy atom. The summed E-state index contributed by atoms with van der Waals surface area (Å²) in [5.41, 5.74) is 1.56. The lowest BCUT2D eigenvalue weighted by molar-refractivity contribution is -0.137. The maximum atomic E-state index is 12.5. The smallest absolute Gasteiger partial charge is 0.352 e. The first-order valence-electron chi connectivity index (χ1n) is 7.83. The number of thiophene rings is 1. The molecule has 0 unspecified atom stereocenters. The van der Waals surface area contributed by atoms with Crippen LogP contribution in [-0.2, 0) is 23.9 Å². The maximum Gasteiger partial charge on any atom is 0.416 e. The number of amides is 1. The molecule has 0 aliphatic carbocycles. The molecule has 0 atom stereocenters. The molecule has 1 amide bonds. The Balaban J connectivity index is 1.57. The molecule has 0 spiro atoms. The standard InChI is InChI=1S/C19H15F3N2OS/c20-19(21,22)15-5-3-13(4-6-15)11-18(25)24-12-14-7-8-23-16(10-14)17-2-1-9-26-17/h1-10H,11-12H2,(H,24,25). The number of rotatable bonds is 5. The lowest BCUT2D eigenvalue weighted by Gasteiger charge is -2.09. The van der Waals surface area contributed by atoms with E-state index in [-0.39, 0.29) is 12.3 Å². The van der Waals surface area contributed by atoms with Crippen molar-refractivity contribution in [2.45, 2.75) is 19.1 Å². The quantitative estimate of drug-likeness (QED) is 0.702. The summed E-state index contributed by atoms with van der Waals surface area (Å²) in [7, 11) is 0. The van der Waals surface area contributed by atoms with E-state index in [0.717, 1.165) is 28.3 Å². The molecule has 0 aliphatic heterocycles. The van der Waals surface area contributed by atoms with Crippen LogP contribution in [-0.4, -0.2) is 10.9 Å². The first-order valence-corrected chi connectivity index (χ1v) is 8.71. The van der Waals surface area contributed by atoms with Crippen LogP contribution in [0, 0.1) is 0 Å². The van der Waals surface area contributed by atoms with Gasteiger partial charge in [0.05, 0.1) is 22.6 Å². The van der Waals surface area contributed by atoms with Gasteiger partial charge < -0.3 is 5.32 Å². The molecule has 1 N–H and O–H groups in total. The highest BCUT2D eigenvalue weighted by atomic mass is 32.1. The van der Waals surface area contributed by atoms with Crippen molar-refractivity contribution in [3.8, 4) is 10.6 Å². The van der Waals surface area contributed by atoms with Crippen molar-refractivity contribution in [1.29, 1.82) is 0 Å². The van der Waals surface area contributed by atoms with E-state index in [1.54, 1.807) is 17.5 Å². The number of carbonyl (C=O) groups is 1. The lowest BCUT2D eigenvalue weighted by atomic mass is 10.1. The summed E-state index contributed by atoms with van der Waals surface area (Å²) in [6.07, 6.45) is -2.66. The van der Waals surface area contributed by atoms with E-state index < -0.39 is 11.7 Å². The van der Waals surface area contributed by atoms with Gasteiger partial charge in [0.25, 0.3) is 0 Å². The van der Waals surface area contributed by atoms with Gasteiger partial charge in [-0.25, -0.2) is 0 Å². The molecule has 2 aromatic heterocycles. The summed E-state index contributed by atoms with van der Waals surface area (Å²) in [6.45, 7) is 0.334. The van der Waals surface area contributed by atoms with E-state index in [9.17, 15) is 18.0 Å². The number of halogens is 3. The van der Waals surface area contributed by atoms with Crippen molar-refractivity contribution < 1.29 is 18.0 Å². The Kier molecular flexibility index (Phi) is 5.37. The first-order chi connectivity index (χ1) is 12.4. The maximum absolute atomic E-state index is 12.5. The number of alkyl halides is 3.